The van der Waals surface area contributed by atoms with Crippen LogP contribution in [0.15, 0.2) is 36.5 Å². The zero-order chi connectivity index (χ0) is 16.7. The molecule has 1 saturated heterocycles. The van der Waals surface area contributed by atoms with Crippen molar-refractivity contribution in [3.8, 4) is 0 Å². The van der Waals surface area contributed by atoms with Gasteiger partial charge in [0.25, 0.3) is 0 Å². The number of hydrogen-bond acceptors (Lipinski definition) is 3. The molecular weight excluding hydrogens is 297 g/mol. The van der Waals surface area contributed by atoms with E-state index in [0.29, 0.717) is 12.0 Å². The molecule has 1 aliphatic heterocycles. The Morgan fingerprint density at radius 2 is 2.04 bits per heavy atom. The van der Waals surface area contributed by atoms with E-state index >= 15 is 0 Å². The fourth-order valence-electron chi connectivity index (χ4n) is 4.59. The van der Waals surface area contributed by atoms with Gasteiger partial charge in [-0.05, 0) is 41.5 Å². The summed E-state index contributed by atoms with van der Waals surface area (Å²) in [5.74, 6) is 1.61. The van der Waals surface area contributed by atoms with Crippen molar-refractivity contribution >= 4 is 23.5 Å². The zero-order valence-corrected chi connectivity index (χ0v) is 14.9. The van der Waals surface area contributed by atoms with Gasteiger partial charge in [0, 0.05) is 11.7 Å². The smallest absolute Gasteiger partial charge is 0.405 e. The SMILES string of the molecule is CCC1CC(CC2COB(c3cccc4cccnc34)O2)C1(C)C. The van der Waals surface area contributed by atoms with Crippen molar-refractivity contribution in [1.82, 2.24) is 4.98 Å². The zero-order valence-electron chi connectivity index (χ0n) is 14.9. The molecule has 0 bridgehead atoms. The maximum atomic E-state index is 6.26. The molecule has 3 nitrogen and oxygen atoms in total. The fraction of sp³-hybridized carbons (Fsp3) is 0.550. The van der Waals surface area contributed by atoms with Crippen molar-refractivity contribution < 1.29 is 9.31 Å². The van der Waals surface area contributed by atoms with Crippen LogP contribution in [0, 0.1) is 17.3 Å². The number of benzene rings is 1. The van der Waals surface area contributed by atoms with Crippen molar-refractivity contribution in [1.29, 1.82) is 0 Å². The van der Waals surface area contributed by atoms with Gasteiger partial charge < -0.3 is 9.31 Å². The third-order valence-electron chi connectivity index (χ3n) is 6.38. The van der Waals surface area contributed by atoms with E-state index < -0.39 is 0 Å². The van der Waals surface area contributed by atoms with Gasteiger partial charge in [-0.3, -0.25) is 4.98 Å². The van der Waals surface area contributed by atoms with Gasteiger partial charge in [0.05, 0.1) is 18.2 Å². The molecule has 24 heavy (non-hydrogen) atoms. The Balaban J connectivity index is 1.45. The highest BCUT2D eigenvalue weighted by Gasteiger charge is 2.48. The summed E-state index contributed by atoms with van der Waals surface area (Å²) in [5, 5.41) is 1.14. The highest BCUT2D eigenvalue weighted by Crippen LogP contribution is 2.54. The van der Waals surface area contributed by atoms with Crippen molar-refractivity contribution in [2.75, 3.05) is 6.61 Å². The monoisotopic (exact) mass is 323 g/mol. The maximum absolute atomic E-state index is 6.26. The van der Waals surface area contributed by atoms with E-state index in [4.69, 9.17) is 9.31 Å². The second kappa shape index (κ2) is 6.16. The molecule has 2 fully saturated rings. The Hall–Kier alpha value is -1.39. The number of para-hydroxylation sites is 1. The minimum Gasteiger partial charge on any atom is -0.405 e. The van der Waals surface area contributed by atoms with Crippen LogP contribution >= 0.6 is 0 Å². The lowest BCUT2D eigenvalue weighted by Gasteiger charge is -2.53. The topological polar surface area (TPSA) is 31.4 Å². The molecule has 1 aromatic heterocycles. The standard InChI is InChI=1S/C20H26BNO2/c1-4-15-11-16(20(15,2)3)12-17-13-23-21(24-17)18-9-5-7-14-8-6-10-22-19(14)18/h5-10,15-17H,4,11-13H2,1-3H3. The lowest BCUT2D eigenvalue weighted by atomic mass is 9.53. The number of nitrogens with zero attached hydrogens (tertiary/aromatic N) is 1. The minimum absolute atomic E-state index is 0.205. The van der Waals surface area contributed by atoms with Gasteiger partial charge in [-0.1, -0.05) is 51.5 Å². The third-order valence-corrected chi connectivity index (χ3v) is 6.38. The van der Waals surface area contributed by atoms with E-state index in [-0.39, 0.29) is 13.2 Å². The van der Waals surface area contributed by atoms with Crippen molar-refractivity contribution in [3.63, 3.8) is 0 Å². The van der Waals surface area contributed by atoms with E-state index in [9.17, 15) is 0 Å². The summed E-state index contributed by atoms with van der Waals surface area (Å²) in [6, 6.07) is 10.3. The predicted molar refractivity (Wildman–Crippen MR) is 98.2 cm³/mol. The molecule has 3 atom stereocenters. The van der Waals surface area contributed by atoms with Gasteiger partial charge in [0.15, 0.2) is 0 Å². The second-order valence-electron chi connectivity index (χ2n) is 7.94. The van der Waals surface area contributed by atoms with Crippen LogP contribution in [0.1, 0.15) is 40.0 Å². The first kappa shape index (κ1) is 16.1. The van der Waals surface area contributed by atoms with Gasteiger partial charge >= 0.3 is 7.12 Å². The molecule has 0 spiro atoms. The Morgan fingerprint density at radius 3 is 2.83 bits per heavy atom. The summed E-state index contributed by atoms with van der Waals surface area (Å²) in [6.45, 7) is 7.83. The number of fused-ring (bicyclic) bond motifs is 1. The van der Waals surface area contributed by atoms with Crippen molar-refractivity contribution in [2.45, 2.75) is 46.1 Å². The molecule has 3 unspecified atom stereocenters. The van der Waals surface area contributed by atoms with Gasteiger partial charge in [-0.2, -0.15) is 0 Å². The Kier molecular flexibility index (Phi) is 4.13. The van der Waals surface area contributed by atoms with Crippen LogP contribution in [-0.4, -0.2) is 24.8 Å². The van der Waals surface area contributed by atoms with Crippen LogP contribution in [0.3, 0.4) is 0 Å². The lowest BCUT2D eigenvalue weighted by molar-refractivity contribution is -0.0439. The number of hydrogen-bond donors (Lipinski definition) is 0. The third kappa shape index (κ3) is 2.66. The average molecular weight is 323 g/mol. The van der Waals surface area contributed by atoms with Gasteiger partial charge in [0.2, 0.25) is 0 Å². The Morgan fingerprint density at radius 1 is 1.21 bits per heavy atom. The van der Waals surface area contributed by atoms with Crippen LogP contribution in [0.2, 0.25) is 0 Å². The largest absolute Gasteiger partial charge is 0.496 e. The highest BCUT2D eigenvalue weighted by atomic mass is 16.6. The molecule has 0 amide bonds. The quantitative estimate of drug-likeness (QED) is 0.802. The molecule has 1 aliphatic carbocycles. The number of aromatic nitrogens is 1. The molecule has 2 aliphatic rings. The predicted octanol–water partition coefficient (Wildman–Crippen LogP) is 3.81. The number of rotatable bonds is 4. The molecule has 0 N–H and O–H groups in total. The minimum atomic E-state index is -0.279. The van der Waals surface area contributed by atoms with Crippen LogP contribution in [0.5, 0.6) is 0 Å². The fourth-order valence-corrected chi connectivity index (χ4v) is 4.59. The highest BCUT2D eigenvalue weighted by molar-refractivity contribution is 6.64. The first-order chi connectivity index (χ1) is 11.6. The van der Waals surface area contributed by atoms with E-state index in [1.807, 2.05) is 12.3 Å². The van der Waals surface area contributed by atoms with E-state index in [1.165, 1.54) is 12.8 Å². The summed E-state index contributed by atoms with van der Waals surface area (Å²) in [6.07, 6.45) is 5.77. The first-order valence-electron chi connectivity index (χ1n) is 9.20. The summed E-state index contributed by atoms with van der Waals surface area (Å²) in [5.41, 5.74) is 2.48. The first-order valence-corrected chi connectivity index (χ1v) is 9.20. The van der Waals surface area contributed by atoms with E-state index in [2.05, 4.69) is 50.0 Å². The summed E-state index contributed by atoms with van der Waals surface area (Å²) >= 11 is 0. The van der Waals surface area contributed by atoms with Gasteiger partial charge in [0.1, 0.15) is 0 Å². The van der Waals surface area contributed by atoms with Crippen LogP contribution in [0.4, 0.5) is 0 Å². The average Bonchev–Trinajstić information content (AvgIpc) is 3.06. The second-order valence-corrected chi connectivity index (χ2v) is 7.94. The normalized spacial score (nSPS) is 29.0. The lowest BCUT2D eigenvalue weighted by Crippen LogP contribution is -2.46. The molecule has 0 radical (unpaired) electrons. The molecule has 1 aromatic carbocycles. The molecule has 1 saturated carbocycles. The van der Waals surface area contributed by atoms with Crippen LogP contribution in [-0.2, 0) is 9.31 Å². The molecular formula is C20H26BNO2. The van der Waals surface area contributed by atoms with Crippen molar-refractivity contribution in [2.24, 2.45) is 17.3 Å². The Labute approximate surface area is 144 Å². The summed E-state index contributed by atoms with van der Waals surface area (Å²) in [7, 11) is -0.279. The molecule has 4 rings (SSSR count). The molecule has 4 heteroatoms. The number of pyridine rings is 1. The van der Waals surface area contributed by atoms with E-state index in [0.717, 1.165) is 34.6 Å². The summed E-state index contributed by atoms with van der Waals surface area (Å²) in [4.78, 5) is 4.52. The van der Waals surface area contributed by atoms with Crippen LogP contribution in [0.25, 0.3) is 10.9 Å². The molecule has 2 aromatic rings. The maximum Gasteiger partial charge on any atom is 0.496 e. The van der Waals surface area contributed by atoms with Gasteiger partial charge in [-0.25, -0.2) is 0 Å². The molecule has 2 heterocycles. The van der Waals surface area contributed by atoms with Gasteiger partial charge in [-0.15, -0.1) is 0 Å². The van der Waals surface area contributed by atoms with E-state index in [1.54, 1.807) is 0 Å². The Bertz CT molecular complexity index is 727. The van der Waals surface area contributed by atoms with Crippen LogP contribution < -0.4 is 5.46 Å². The van der Waals surface area contributed by atoms with Crippen molar-refractivity contribution in [3.05, 3.63) is 36.5 Å². The molecule has 126 valence electrons. The summed E-state index contributed by atoms with van der Waals surface area (Å²) < 4.78 is 12.3.